The fourth-order valence-corrected chi connectivity index (χ4v) is 1.63. The van der Waals surface area contributed by atoms with Crippen LogP contribution in [0.25, 0.3) is 0 Å². The molecule has 0 aliphatic heterocycles. The zero-order valence-corrected chi connectivity index (χ0v) is 10.3. The second kappa shape index (κ2) is 5.24. The summed E-state index contributed by atoms with van der Waals surface area (Å²) in [6.07, 6.45) is 0. The molecule has 3 nitrogen and oxygen atoms in total. The Bertz CT molecular complexity index is 600. The van der Waals surface area contributed by atoms with Gasteiger partial charge in [-0.05, 0) is 36.8 Å². The quantitative estimate of drug-likeness (QED) is 0.820. The molecule has 0 aromatic heterocycles. The number of hydrogen-bond donors (Lipinski definition) is 0. The topological polar surface area (TPSA) is 42.2 Å². The van der Waals surface area contributed by atoms with Gasteiger partial charge in [0.05, 0.1) is 12.7 Å². The molecule has 3 heteroatoms. The molecule has 90 valence electrons. The van der Waals surface area contributed by atoms with Crippen LogP contribution in [0.3, 0.4) is 0 Å². The summed E-state index contributed by atoms with van der Waals surface area (Å²) in [6.45, 7) is 1.95. The van der Waals surface area contributed by atoms with E-state index in [1.54, 1.807) is 13.2 Å². The molecule has 0 amide bonds. The number of rotatable bonds is 3. The average molecular weight is 239 g/mol. The van der Waals surface area contributed by atoms with Crippen LogP contribution >= 0.6 is 0 Å². The molecule has 0 spiro atoms. The van der Waals surface area contributed by atoms with Gasteiger partial charge < -0.3 is 9.47 Å². The van der Waals surface area contributed by atoms with Crippen LogP contribution in [0.5, 0.6) is 17.2 Å². The van der Waals surface area contributed by atoms with Crippen molar-refractivity contribution in [1.29, 1.82) is 5.26 Å². The van der Waals surface area contributed by atoms with Crippen LogP contribution < -0.4 is 9.47 Å². The molecule has 0 atom stereocenters. The van der Waals surface area contributed by atoms with Crippen molar-refractivity contribution >= 4 is 0 Å². The molecule has 18 heavy (non-hydrogen) atoms. The number of aryl methyl sites for hydroxylation is 1. The van der Waals surface area contributed by atoms with Crippen LogP contribution in [0.1, 0.15) is 11.1 Å². The molecule has 0 bridgehead atoms. The van der Waals surface area contributed by atoms with E-state index in [1.165, 1.54) is 0 Å². The van der Waals surface area contributed by atoms with Gasteiger partial charge in [0.1, 0.15) is 11.8 Å². The van der Waals surface area contributed by atoms with Crippen molar-refractivity contribution < 1.29 is 9.47 Å². The molecule has 0 N–H and O–H groups in total. The molecule has 0 aliphatic carbocycles. The van der Waals surface area contributed by atoms with Gasteiger partial charge in [-0.25, -0.2) is 0 Å². The molecule has 2 rings (SSSR count). The summed E-state index contributed by atoms with van der Waals surface area (Å²) in [5, 5.41) is 9.05. The molecular formula is C15H13NO2. The molecular weight excluding hydrogens is 226 g/mol. The number of benzene rings is 2. The second-order valence-corrected chi connectivity index (χ2v) is 3.86. The maximum absolute atomic E-state index is 9.05. The Balaban J connectivity index is 2.40. The number of para-hydroxylation sites is 2. The molecule has 0 unspecified atom stereocenters. The standard InChI is InChI=1S/C15H13NO2/c1-11-7-8-12(10-16)15(9-11)18-14-6-4-3-5-13(14)17-2/h3-9H,1-2H3. The van der Waals surface area contributed by atoms with E-state index in [2.05, 4.69) is 6.07 Å². The zero-order chi connectivity index (χ0) is 13.0. The van der Waals surface area contributed by atoms with Crippen molar-refractivity contribution in [1.82, 2.24) is 0 Å². The van der Waals surface area contributed by atoms with Crippen molar-refractivity contribution in [3.63, 3.8) is 0 Å². The highest BCUT2D eigenvalue weighted by Crippen LogP contribution is 2.32. The predicted molar refractivity (Wildman–Crippen MR) is 69.0 cm³/mol. The maximum atomic E-state index is 9.05. The summed E-state index contributed by atoms with van der Waals surface area (Å²) in [7, 11) is 1.59. The highest BCUT2D eigenvalue weighted by atomic mass is 16.5. The molecule has 0 aliphatic rings. The van der Waals surface area contributed by atoms with Gasteiger partial charge in [-0.15, -0.1) is 0 Å². The largest absolute Gasteiger partial charge is 0.493 e. The lowest BCUT2D eigenvalue weighted by Crippen LogP contribution is -1.92. The summed E-state index contributed by atoms with van der Waals surface area (Å²) in [4.78, 5) is 0. The fourth-order valence-electron chi connectivity index (χ4n) is 1.63. The maximum Gasteiger partial charge on any atom is 0.169 e. The molecule has 2 aromatic carbocycles. The van der Waals surface area contributed by atoms with Crippen molar-refractivity contribution in [3.05, 3.63) is 53.6 Å². The third-order valence-corrected chi connectivity index (χ3v) is 2.55. The first-order valence-corrected chi connectivity index (χ1v) is 5.56. The van der Waals surface area contributed by atoms with Crippen molar-refractivity contribution in [3.8, 4) is 23.3 Å². The van der Waals surface area contributed by atoms with Crippen LogP contribution in [0.15, 0.2) is 42.5 Å². The Hall–Kier alpha value is -2.47. The number of nitrogens with zero attached hydrogens (tertiary/aromatic N) is 1. The van der Waals surface area contributed by atoms with E-state index in [0.717, 1.165) is 5.56 Å². The monoisotopic (exact) mass is 239 g/mol. The predicted octanol–water partition coefficient (Wildman–Crippen LogP) is 3.67. The molecule has 2 aromatic rings. The van der Waals surface area contributed by atoms with Crippen molar-refractivity contribution in [2.45, 2.75) is 6.92 Å². The summed E-state index contributed by atoms with van der Waals surface area (Å²) < 4.78 is 11.0. The van der Waals surface area contributed by atoms with E-state index in [9.17, 15) is 0 Å². The molecule has 0 fully saturated rings. The summed E-state index contributed by atoms with van der Waals surface area (Å²) >= 11 is 0. The Morgan fingerprint density at radius 2 is 1.72 bits per heavy atom. The lowest BCUT2D eigenvalue weighted by Gasteiger charge is -2.11. The van der Waals surface area contributed by atoms with Gasteiger partial charge in [0.15, 0.2) is 11.5 Å². The second-order valence-electron chi connectivity index (χ2n) is 3.86. The van der Waals surface area contributed by atoms with E-state index in [-0.39, 0.29) is 0 Å². The third kappa shape index (κ3) is 2.44. The number of methoxy groups -OCH3 is 1. The van der Waals surface area contributed by atoms with Crippen LogP contribution in [0.2, 0.25) is 0 Å². The molecule has 0 heterocycles. The minimum absolute atomic E-state index is 0.506. The number of hydrogen-bond acceptors (Lipinski definition) is 3. The lowest BCUT2D eigenvalue weighted by atomic mass is 10.1. The fraction of sp³-hybridized carbons (Fsp3) is 0.133. The lowest BCUT2D eigenvalue weighted by molar-refractivity contribution is 0.378. The van der Waals surface area contributed by atoms with Gasteiger partial charge in [-0.3, -0.25) is 0 Å². The normalized spacial score (nSPS) is 9.61. The first-order valence-electron chi connectivity index (χ1n) is 5.56. The zero-order valence-electron chi connectivity index (χ0n) is 10.3. The molecule has 0 saturated carbocycles. The van der Waals surface area contributed by atoms with Gasteiger partial charge in [0.25, 0.3) is 0 Å². The van der Waals surface area contributed by atoms with Crippen LogP contribution in [0.4, 0.5) is 0 Å². The van der Waals surface area contributed by atoms with Gasteiger partial charge in [0, 0.05) is 0 Å². The van der Waals surface area contributed by atoms with Crippen LogP contribution in [0, 0.1) is 18.3 Å². The highest BCUT2D eigenvalue weighted by molar-refractivity contribution is 5.49. The third-order valence-electron chi connectivity index (χ3n) is 2.55. The Labute approximate surface area is 106 Å². The van der Waals surface area contributed by atoms with Gasteiger partial charge >= 0.3 is 0 Å². The summed E-state index contributed by atoms with van der Waals surface area (Å²) in [5.74, 6) is 1.78. The molecule has 0 saturated heterocycles. The van der Waals surface area contributed by atoms with Gasteiger partial charge in [-0.1, -0.05) is 18.2 Å². The average Bonchev–Trinajstić information content (AvgIpc) is 2.40. The van der Waals surface area contributed by atoms with E-state index < -0.39 is 0 Å². The SMILES string of the molecule is COc1ccccc1Oc1cc(C)ccc1C#N. The van der Waals surface area contributed by atoms with E-state index in [1.807, 2.05) is 43.3 Å². The van der Waals surface area contributed by atoms with Crippen molar-refractivity contribution in [2.24, 2.45) is 0 Å². The minimum Gasteiger partial charge on any atom is -0.493 e. The Kier molecular flexibility index (Phi) is 3.49. The smallest absolute Gasteiger partial charge is 0.169 e. The Morgan fingerprint density at radius 1 is 1.00 bits per heavy atom. The summed E-state index contributed by atoms with van der Waals surface area (Å²) in [5.41, 5.74) is 1.55. The minimum atomic E-state index is 0.506. The Morgan fingerprint density at radius 3 is 2.39 bits per heavy atom. The summed E-state index contributed by atoms with van der Waals surface area (Å²) in [6, 6.07) is 14.9. The van der Waals surface area contributed by atoms with Gasteiger partial charge in [0.2, 0.25) is 0 Å². The number of ether oxygens (including phenoxy) is 2. The van der Waals surface area contributed by atoms with Crippen LogP contribution in [-0.4, -0.2) is 7.11 Å². The molecule has 0 radical (unpaired) electrons. The van der Waals surface area contributed by atoms with E-state index in [4.69, 9.17) is 14.7 Å². The van der Waals surface area contributed by atoms with E-state index >= 15 is 0 Å². The highest BCUT2D eigenvalue weighted by Gasteiger charge is 2.08. The van der Waals surface area contributed by atoms with Crippen molar-refractivity contribution in [2.75, 3.05) is 7.11 Å². The number of nitriles is 1. The van der Waals surface area contributed by atoms with Gasteiger partial charge in [-0.2, -0.15) is 5.26 Å². The van der Waals surface area contributed by atoms with Crippen LogP contribution in [-0.2, 0) is 0 Å². The first kappa shape index (κ1) is 12.0. The van der Waals surface area contributed by atoms with E-state index in [0.29, 0.717) is 22.8 Å². The first-order chi connectivity index (χ1) is 8.74.